The molecule has 0 aliphatic carbocycles. The molecule has 1 aromatic carbocycles. The zero-order valence-corrected chi connectivity index (χ0v) is 12.1. The molecule has 0 fully saturated rings. The molecule has 0 saturated heterocycles. The predicted octanol–water partition coefficient (Wildman–Crippen LogP) is 4.97. The van der Waals surface area contributed by atoms with E-state index in [-0.39, 0.29) is 0 Å². The maximum Gasteiger partial charge on any atom is 0.0850 e. The van der Waals surface area contributed by atoms with E-state index >= 15 is 0 Å². The monoisotopic (exact) mass is 363 g/mol. The van der Waals surface area contributed by atoms with Crippen LogP contribution in [0.4, 0.5) is 0 Å². The SMILES string of the molecule is Cc1cnc(-c2cc(Cl)ccc2Cl)c(I)c1. The Kier molecular flexibility index (Phi) is 3.72. The maximum absolute atomic E-state index is 6.14. The number of hydrogen-bond acceptors (Lipinski definition) is 1. The molecule has 0 bridgehead atoms. The lowest BCUT2D eigenvalue weighted by molar-refractivity contribution is 1.25. The van der Waals surface area contributed by atoms with E-state index < -0.39 is 0 Å². The van der Waals surface area contributed by atoms with Crippen molar-refractivity contribution in [3.63, 3.8) is 0 Å². The highest BCUT2D eigenvalue weighted by Crippen LogP contribution is 2.32. The second kappa shape index (κ2) is 4.90. The van der Waals surface area contributed by atoms with Gasteiger partial charge in [-0.15, -0.1) is 0 Å². The lowest BCUT2D eigenvalue weighted by Crippen LogP contribution is -1.90. The van der Waals surface area contributed by atoms with Gasteiger partial charge in [0.05, 0.1) is 10.7 Å². The van der Waals surface area contributed by atoms with Crippen LogP contribution in [-0.2, 0) is 0 Å². The number of hydrogen-bond donors (Lipinski definition) is 0. The molecule has 0 amide bonds. The second-order valence-electron chi connectivity index (χ2n) is 3.47. The summed E-state index contributed by atoms with van der Waals surface area (Å²) >= 11 is 14.4. The summed E-state index contributed by atoms with van der Waals surface area (Å²) in [5, 5.41) is 1.33. The van der Waals surface area contributed by atoms with Gasteiger partial charge in [-0.3, -0.25) is 4.98 Å². The molecular formula is C12H8Cl2IN. The quantitative estimate of drug-likeness (QED) is 0.652. The van der Waals surface area contributed by atoms with Crippen molar-refractivity contribution in [3.05, 3.63) is 49.6 Å². The molecule has 0 aliphatic heterocycles. The fourth-order valence-electron chi connectivity index (χ4n) is 1.41. The Morgan fingerprint density at radius 2 is 1.94 bits per heavy atom. The van der Waals surface area contributed by atoms with Gasteiger partial charge in [0.2, 0.25) is 0 Å². The van der Waals surface area contributed by atoms with Crippen molar-refractivity contribution in [1.29, 1.82) is 0 Å². The molecule has 0 unspecified atom stereocenters. The van der Waals surface area contributed by atoms with Gasteiger partial charge in [-0.2, -0.15) is 0 Å². The summed E-state index contributed by atoms with van der Waals surface area (Å²) in [6.45, 7) is 2.01. The van der Waals surface area contributed by atoms with Gasteiger partial charge in [0.25, 0.3) is 0 Å². The van der Waals surface area contributed by atoms with E-state index in [1.165, 1.54) is 0 Å². The van der Waals surface area contributed by atoms with Gasteiger partial charge in [0, 0.05) is 20.4 Å². The number of benzene rings is 1. The van der Waals surface area contributed by atoms with Crippen LogP contribution in [0.25, 0.3) is 11.3 Å². The third-order valence-corrected chi connectivity index (χ3v) is 3.55. The molecule has 82 valence electrons. The van der Waals surface area contributed by atoms with E-state index in [4.69, 9.17) is 23.2 Å². The highest BCUT2D eigenvalue weighted by Gasteiger charge is 2.09. The Balaban J connectivity index is 2.62. The Hall–Kier alpha value is -0.320. The Morgan fingerprint density at radius 1 is 1.19 bits per heavy atom. The molecule has 1 heterocycles. The molecule has 0 radical (unpaired) electrons. The standard InChI is InChI=1S/C12H8Cl2IN/c1-7-4-11(15)12(16-6-7)9-5-8(13)2-3-10(9)14/h2-6H,1H3. The van der Waals surface area contributed by atoms with E-state index in [9.17, 15) is 0 Å². The first kappa shape index (κ1) is 12.1. The number of halogens is 3. The largest absolute Gasteiger partial charge is 0.255 e. The van der Waals surface area contributed by atoms with Gasteiger partial charge < -0.3 is 0 Å². The second-order valence-corrected chi connectivity index (χ2v) is 5.47. The minimum absolute atomic E-state index is 0.664. The van der Waals surface area contributed by atoms with Crippen LogP contribution in [-0.4, -0.2) is 4.98 Å². The number of nitrogens with zero attached hydrogens (tertiary/aromatic N) is 1. The minimum Gasteiger partial charge on any atom is -0.255 e. The first-order valence-electron chi connectivity index (χ1n) is 4.65. The van der Waals surface area contributed by atoms with Crippen molar-refractivity contribution in [2.45, 2.75) is 6.92 Å². The summed E-state index contributed by atoms with van der Waals surface area (Å²) in [6.07, 6.45) is 1.83. The molecule has 0 N–H and O–H groups in total. The first-order valence-corrected chi connectivity index (χ1v) is 6.49. The third kappa shape index (κ3) is 2.50. The maximum atomic E-state index is 6.14. The molecule has 0 saturated carbocycles. The average molecular weight is 364 g/mol. The van der Waals surface area contributed by atoms with Crippen LogP contribution in [0.1, 0.15) is 5.56 Å². The molecule has 0 spiro atoms. The fourth-order valence-corrected chi connectivity index (χ4v) is 2.71. The molecule has 4 heteroatoms. The summed E-state index contributed by atoms with van der Waals surface area (Å²) in [4.78, 5) is 4.40. The molecule has 2 aromatic rings. The zero-order chi connectivity index (χ0) is 11.7. The van der Waals surface area contributed by atoms with Gasteiger partial charge in [-0.05, 0) is 59.3 Å². The molecule has 2 rings (SSSR count). The van der Waals surface area contributed by atoms with Crippen LogP contribution in [0.3, 0.4) is 0 Å². The number of aryl methyl sites for hydroxylation is 1. The highest BCUT2D eigenvalue weighted by molar-refractivity contribution is 14.1. The number of pyridine rings is 1. The van der Waals surface area contributed by atoms with Crippen molar-refractivity contribution >= 4 is 45.8 Å². The fraction of sp³-hybridized carbons (Fsp3) is 0.0833. The van der Waals surface area contributed by atoms with Crippen molar-refractivity contribution < 1.29 is 0 Å². The normalized spacial score (nSPS) is 10.5. The van der Waals surface area contributed by atoms with Gasteiger partial charge >= 0.3 is 0 Å². The first-order chi connectivity index (χ1) is 7.58. The van der Waals surface area contributed by atoms with Crippen molar-refractivity contribution in [3.8, 4) is 11.3 Å². The number of rotatable bonds is 1. The number of aromatic nitrogens is 1. The minimum atomic E-state index is 0.664. The van der Waals surface area contributed by atoms with Crippen molar-refractivity contribution in [2.75, 3.05) is 0 Å². The Morgan fingerprint density at radius 3 is 2.62 bits per heavy atom. The van der Waals surface area contributed by atoms with Crippen molar-refractivity contribution in [2.24, 2.45) is 0 Å². The lowest BCUT2D eigenvalue weighted by Gasteiger charge is -2.07. The smallest absolute Gasteiger partial charge is 0.0850 e. The zero-order valence-electron chi connectivity index (χ0n) is 8.47. The Bertz CT molecular complexity index is 541. The van der Waals surface area contributed by atoms with E-state index in [2.05, 4.69) is 33.6 Å². The van der Waals surface area contributed by atoms with Crippen LogP contribution in [0, 0.1) is 10.5 Å². The Labute approximate surface area is 118 Å². The van der Waals surface area contributed by atoms with Gasteiger partial charge in [0.15, 0.2) is 0 Å². The molecule has 1 aromatic heterocycles. The van der Waals surface area contributed by atoms with Crippen LogP contribution in [0.5, 0.6) is 0 Å². The van der Waals surface area contributed by atoms with E-state index in [0.717, 1.165) is 20.4 Å². The molecular weight excluding hydrogens is 356 g/mol. The summed E-state index contributed by atoms with van der Waals surface area (Å²) < 4.78 is 1.07. The highest BCUT2D eigenvalue weighted by atomic mass is 127. The van der Waals surface area contributed by atoms with Crippen LogP contribution < -0.4 is 0 Å². The lowest BCUT2D eigenvalue weighted by atomic mass is 10.1. The summed E-state index contributed by atoms with van der Waals surface area (Å²) in [7, 11) is 0. The van der Waals surface area contributed by atoms with Gasteiger partial charge in [-0.25, -0.2) is 0 Å². The van der Waals surface area contributed by atoms with Gasteiger partial charge in [-0.1, -0.05) is 23.2 Å². The molecule has 0 atom stereocenters. The summed E-state index contributed by atoms with van der Waals surface area (Å²) in [6, 6.07) is 7.47. The van der Waals surface area contributed by atoms with Crippen molar-refractivity contribution in [1.82, 2.24) is 4.98 Å². The molecule has 16 heavy (non-hydrogen) atoms. The van der Waals surface area contributed by atoms with E-state index in [1.54, 1.807) is 12.1 Å². The predicted molar refractivity (Wildman–Crippen MR) is 77.1 cm³/mol. The van der Waals surface area contributed by atoms with Gasteiger partial charge in [0.1, 0.15) is 0 Å². The molecule has 0 aliphatic rings. The van der Waals surface area contributed by atoms with E-state index in [0.29, 0.717) is 10.0 Å². The topological polar surface area (TPSA) is 12.9 Å². The molecule has 1 nitrogen and oxygen atoms in total. The third-order valence-electron chi connectivity index (χ3n) is 2.16. The van der Waals surface area contributed by atoms with E-state index in [1.807, 2.05) is 19.2 Å². The van der Waals surface area contributed by atoms with Crippen LogP contribution >= 0.6 is 45.8 Å². The summed E-state index contributed by atoms with van der Waals surface area (Å²) in [5.74, 6) is 0. The van der Waals surface area contributed by atoms with Crippen LogP contribution in [0.2, 0.25) is 10.0 Å². The summed E-state index contributed by atoms with van der Waals surface area (Å²) in [5.41, 5.74) is 2.88. The van der Waals surface area contributed by atoms with Crippen LogP contribution in [0.15, 0.2) is 30.5 Å². The average Bonchev–Trinajstić information content (AvgIpc) is 2.22.